The van der Waals surface area contributed by atoms with E-state index >= 15 is 0 Å². The van der Waals surface area contributed by atoms with E-state index in [1.165, 1.54) is 24.3 Å². The van der Waals surface area contributed by atoms with Gasteiger partial charge in [-0.05, 0) is 54.1 Å². The molecular weight excluding hydrogens is 561 g/mol. The smallest absolute Gasteiger partial charge is 0.244 e. The van der Waals surface area contributed by atoms with E-state index in [0.717, 1.165) is 22.3 Å². The number of aromatic nitrogens is 2. The van der Waals surface area contributed by atoms with Gasteiger partial charge < -0.3 is 4.74 Å². The molecule has 39 heavy (non-hydrogen) atoms. The maximum absolute atomic E-state index is 13.7. The molecule has 0 N–H and O–H groups in total. The van der Waals surface area contributed by atoms with Gasteiger partial charge in [-0.25, -0.2) is 17.9 Å². The van der Waals surface area contributed by atoms with Crippen molar-refractivity contribution in [3.8, 4) is 0 Å². The van der Waals surface area contributed by atoms with Gasteiger partial charge in [0.2, 0.25) is 6.33 Å². The number of rotatable bonds is 9. The summed E-state index contributed by atoms with van der Waals surface area (Å²) >= 11 is 18.8. The van der Waals surface area contributed by atoms with Crippen molar-refractivity contribution in [2.45, 2.75) is 25.3 Å². The molecule has 0 aliphatic rings. The predicted octanol–water partition coefficient (Wildman–Crippen LogP) is 8.61. The van der Waals surface area contributed by atoms with Gasteiger partial charge in [-0.15, -0.1) is 0 Å². The lowest BCUT2D eigenvalue weighted by atomic mass is 9.98. The van der Waals surface area contributed by atoms with E-state index in [9.17, 15) is 8.78 Å². The van der Waals surface area contributed by atoms with Crippen molar-refractivity contribution in [2.75, 3.05) is 0 Å². The first-order valence-electron chi connectivity index (χ1n) is 12.2. The molecule has 5 rings (SSSR count). The minimum atomic E-state index is -0.388. The molecule has 8 heteroatoms. The molecule has 0 fully saturated rings. The van der Waals surface area contributed by atoms with Crippen molar-refractivity contribution >= 4 is 34.8 Å². The molecule has 0 bridgehead atoms. The quantitative estimate of drug-likeness (QED) is 0.159. The highest BCUT2D eigenvalue weighted by atomic mass is 35.5. The third-order valence-electron chi connectivity index (χ3n) is 6.43. The Hall–Kier alpha value is -3.22. The molecule has 3 nitrogen and oxygen atoms in total. The maximum Gasteiger partial charge on any atom is 0.244 e. The molecule has 1 aromatic heterocycles. The lowest BCUT2D eigenvalue weighted by Crippen LogP contribution is -2.36. The molecule has 0 aliphatic heterocycles. The van der Waals surface area contributed by atoms with Crippen LogP contribution in [0, 0.1) is 11.6 Å². The Labute approximate surface area is 240 Å². The number of ether oxygens (including phenoxy) is 1. The zero-order valence-corrected chi connectivity index (χ0v) is 22.9. The van der Waals surface area contributed by atoms with Crippen LogP contribution in [-0.2, 0) is 17.9 Å². The molecule has 0 saturated carbocycles. The molecule has 0 radical (unpaired) electrons. The predicted molar refractivity (Wildman–Crippen MR) is 150 cm³/mol. The molecule has 5 aromatic rings. The second kappa shape index (κ2) is 12.3. The molecule has 1 unspecified atom stereocenters. The Morgan fingerprint density at radius 1 is 0.744 bits per heavy atom. The largest absolute Gasteiger partial charge is 0.365 e. The van der Waals surface area contributed by atoms with Crippen LogP contribution in [0.1, 0.15) is 34.4 Å². The summed E-state index contributed by atoms with van der Waals surface area (Å²) in [7, 11) is 0. The molecule has 0 saturated heterocycles. The fourth-order valence-electron chi connectivity index (χ4n) is 4.47. The Morgan fingerprint density at radius 3 is 1.92 bits per heavy atom. The second-order valence-electron chi connectivity index (χ2n) is 9.16. The van der Waals surface area contributed by atoms with Crippen LogP contribution in [0.15, 0.2) is 110 Å². The van der Waals surface area contributed by atoms with Gasteiger partial charge in [-0.1, -0.05) is 77.3 Å². The summed E-state index contributed by atoms with van der Waals surface area (Å²) in [6, 6.07) is 25.2. The van der Waals surface area contributed by atoms with E-state index in [0.29, 0.717) is 28.2 Å². The number of imidazole rings is 1. The highest BCUT2D eigenvalue weighted by Crippen LogP contribution is 2.31. The number of hydrogen-bond donors (Lipinski definition) is 0. The minimum Gasteiger partial charge on any atom is -0.365 e. The molecule has 1 atom stereocenters. The van der Waals surface area contributed by atoms with Crippen molar-refractivity contribution in [2.24, 2.45) is 0 Å². The first-order chi connectivity index (χ1) is 18.9. The Balaban J connectivity index is 1.45. The number of nitrogens with zero attached hydrogens (tertiary/aromatic N) is 2. The minimum absolute atomic E-state index is 0.292. The summed E-state index contributed by atoms with van der Waals surface area (Å²) in [6.07, 6.45) is 5.42. The summed E-state index contributed by atoms with van der Waals surface area (Å²) in [4.78, 5) is 0. The van der Waals surface area contributed by atoms with Crippen molar-refractivity contribution in [1.82, 2.24) is 4.57 Å². The molecule has 1 heterocycles. The van der Waals surface area contributed by atoms with Crippen molar-refractivity contribution in [1.29, 1.82) is 0 Å². The Kier molecular flexibility index (Phi) is 8.63. The van der Waals surface area contributed by atoms with Crippen molar-refractivity contribution < 1.29 is 18.1 Å². The zero-order valence-electron chi connectivity index (χ0n) is 20.7. The third-order valence-corrected chi connectivity index (χ3v) is 7.25. The summed E-state index contributed by atoms with van der Waals surface area (Å²) in [5, 5.41) is 1.71. The van der Waals surface area contributed by atoms with Crippen molar-refractivity contribution in [3.05, 3.63) is 159 Å². The second-order valence-corrected chi connectivity index (χ2v) is 10.4. The third kappa shape index (κ3) is 6.87. The first-order valence-corrected chi connectivity index (χ1v) is 13.4. The van der Waals surface area contributed by atoms with Crippen molar-refractivity contribution in [3.63, 3.8) is 0 Å². The summed E-state index contributed by atoms with van der Waals surface area (Å²) < 4.78 is 37.7. The Bertz CT molecular complexity index is 1490. The van der Waals surface area contributed by atoms with Crippen LogP contribution in [0.5, 0.6) is 0 Å². The molecule has 4 aromatic carbocycles. The molecule has 0 aliphatic carbocycles. The van der Waals surface area contributed by atoms with E-state index in [4.69, 9.17) is 39.5 Å². The summed E-state index contributed by atoms with van der Waals surface area (Å²) in [6.45, 7) is 0.817. The van der Waals surface area contributed by atoms with E-state index < -0.39 is 0 Å². The summed E-state index contributed by atoms with van der Waals surface area (Å²) in [5.41, 5.74) is 3.51. The lowest BCUT2D eigenvalue weighted by molar-refractivity contribution is -0.705. The highest BCUT2D eigenvalue weighted by molar-refractivity contribution is 6.35. The lowest BCUT2D eigenvalue weighted by Gasteiger charge is -2.19. The number of halogens is 5. The topological polar surface area (TPSA) is 18.0 Å². The van der Waals surface area contributed by atoms with Crippen LogP contribution in [0.25, 0.3) is 0 Å². The molecular formula is C31H24Cl3F2N2O+. The standard InChI is InChI=1S/C31H24Cl3F2N2O/c32-24-7-1-21(2-8-24)19-39-30(28-14-9-25(33)17-29(28)34)18-37-15-16-38(20-37)31(22-3-10-26(35)11-4-22)23-5-12-27(36)13-6-23/h1-17,20,30-31H,18-19H2/q+1. The van der Waals surface area contributed by atoms with E-state index in [1.54, 1.807) is 36.4 Å². The van der Waals surface area contributed by atoms with Gasteiger partial charge in [0.25, 0.3) is 0 Å². The number of benzene rings is 4. The fraction of sp³-hybridized carbons (Fsp3) is 0.129. The van der Waals surface area contributed by atoms with Gasteiger partial charge in [0.15, 0.2) is 6.04 Å². The summed E-state index contributed by atoms with van der Waals surface area (Å²) in [5.74, 6) is -0.639. The van der Waals surface area contributed by atoms with E-state index in [-0.39, 0.29) is 23.8 Å². The van der Waals surface area contributed by atoms with Crippen LogP contribution in [0.4, 0.5) is 8.78 Å². The van der Waals surface area contributed by atoms with Gasteiger partial charge in [0, 0.05) is 31.8 Å². The monoisotopic (exact) mass is 583 g/mol. The average Bonchev–Trinajstić information content (AvgIpc) is 3.38. The van der Waals surface area contributed by atoms with Crippen LogP contribution >= 0.6 is 34.8 Å². The molecule has 198 valence electrons. The first kappa shape index (κ1) is 27.4. The molecule has 0 amide bonds. The van der Waals surface area contributed by atoms with Crippen LogP contribution < -0.4 is 4.57 Å². The van der Waals surface area contributed by atoms with Crippen LogP contribution in [-0.4, -0.2) is 4.57 Å². The van der Waals surface area contributed by atoms with Crippen LogP contribution in [0.2, 0.25) is 15.1 Å². The SMILES string of the molecule is Fc1ccc(C(c2ccc(F)cc2)n2cc[n+](CC(OCc3ccc(Cl)cc3)c3ccc(Cl)cc3Cl)c2)cc1. The van der Waals surface area contributed by atoms with E-state index in [2.05, 4.69) is 0 Å². The van der Waals surface area contributed by atoms with E-state index in [1.807, 2.05) is 58.2 Å². The normalized spacial score (nSPS) is 12.2. The number of hydrogen-bond acceptors (Lipinski definition) is 1. The van der Waals surface area contributed by atoms with Gasteiger partial charge in [0.1, 0.15) is 36.7 Å². The van der Waals surface area contributed by atoms with Gasteiger partial charge in [-0.2, -0.15) is 0 Å². The van der Waals surface area contributed by atoms with Gasteiger partial charge in [-0.3, -0.25) is 0 Å². The fourth-order valence-corrected chi connectivity index (χ4v) is 5.13. The molecule has 0 spiro atoms. The van der Waals surface area contributed by atoms with Gasteiger partial charge in [0.05, 0.1) is 6.61 Å². The average molecular weight is 585 g/mol. The Morgan fingerprint density at radius 2 is 1.33 bits per heavy atom. The zero-order chi connectivity index (χ0) is 27.4. The van der Waals surface area contributed by atoms with Gasteiger partial charge >= 0.3 is 0 Å². The van der Waals surface area contributed by atoms with Crippen LogP contribution in [0.3, 0.4) is 0 Å². The maximum atomic E-state index is 13.7. The highest BCUT2D eigenvalue weighted by Gasteiger charge is 2.24.